The smallest absolute Gasteiger partial charge is 0.0770 e. The van der Waals surface area contributed by atoms with Crippen LogP contribution in [-0.2, 0) is 5.41 Å². The summed E-state index contributed by atoms with van der Waals surface area (Å²) in [5, 5.41) is 5.19. The summed E-state index contributed by atoms with van der Waals surface area (Å²) in [5.74, 6) is 0. The zero-order chi connectivity index (χ0) is 14.2. The number of pyridine rings is 1. The molecule has 3 heteroatoms. The first-order chi connectivity index (χ1) is 8.84. The summed E-state index contributed by atoms with van der Waals surface area (Å²) in [6.45, 7) is 11.6. The Labute approximate surface area is 120 Å². The second-order valence-corrected chi connectivity index (χ2v) is 6.33. The molecule has 0 aliphatic heterocycles. The lowest BCUT2D eigenvalue weighted by atomic mass is 9.90. The molecule has 0 spiro atoms. The molecule has 0 saturated heterocycles. The maximum absolute atomic E-state index is 6.36. The Hall–Kier alpha value is -1.28. The highest BCUT2D eigenvalue weighted by Gasteiger charge is 2.19. The van der Waals surface area contributed by atoms with Crippen molar-refractivity contribution >= 4 is 28.2 Å². The van der Waals surface area contributed by atoms with Gasteiger partial charge in [0.2, 0.25) is 0 Å². The van der Waals surface area contributed by atoms with E-state index in [9.17, 15) is 0 Å². The maximum Gasteiger partial charge on any atom is 0.0770 e. The standard InChI is InChI=1S/C16H21ClN2/c1-6-18-12-9-13(16(3,4)5)19-15-10(2)7-8-11(17)14(12)15/h7-9H,6H2,1-5H3,(H,18,19). The van der Waals surface area contributed by atoms with E-state index in [-0.39, 0.29) is 5.41 Å². The third-order valence-corrected chi connectivity index (χ3v) is 3.56. The fourth-order valence-electron chi connectivity index (χ4n) is 2.15. The van der Waals surface area contributed by atoms with Gasteiger partial charge in [0.1, 0.15) is 0 Å². The van der Waals surface area contributed by atoms with E-state index in [4.69, 9.17) is 16.6 Å². The lowest BCUT2D eigenvalue weighted by molar-refractivity contribution is 0.571. The van der Waals surface area contributed by atoms with Gasteiger partial charge in [-0.25, -0.2) is 0 Å². The number of aryl methyl sites for hydroxylation is 1. The molecule has 1 N–H and O–H groups in total. The average Bonchev–Trinajstić information content (AvgIpc) is 2.33. The number of nitrogens with zero attached hydrogens (tertiary/aromatic N) is 1. The number of benzene rings is 1. The van der Waals surface area contributed by atoms with Crippen LogP contribution in [0, 0.1) is 6.92 Å². The summed E-state index contributed by atoms with van der Waals surface area (Å²) in [6, 6.07) is 6.09. The molecule has 2 nitrogen and oxygen atoms in total. The van der Waals surface area contributed by atoms with Crippen LogP contribution >= 0.6 is 11.6 Å². The molecule has 0 atom stereocenters. The number of halogens is 1. The van der Waals surface area contributed by atoms with Crippen molar-refractivity contribution in [2.24, 2.45) is 0 Å². The van der Waals surface area contributed by atoms with Crippen molar-refractivity contribution in [1.82, 2.24) is 4.98 Å². The van der Waals surface area contributed by atoms with Gasteiger partial charge in [0.15, 0.2) is 0 Å². The fraction of sp³-hybridized carbons (Fsp3) is 0.438. The number of nitrogens with one attached hydrogen (secondary N) is 1. The predicted octanol–water partition coefficient (Wildman–Crippen LogP) is 4.93. The van der Waals surface area contributed by atoms with E-state index >= 15 is 0 Å². The van der Waals surface area contributed by atoms with Crippen LogP contribution in [0.2, 0.25) is 5.02 Å². The quantitative estimate of drug-likeness (QED) is 0.842. The maximum atomic E-state index is 6.36. The largest absolute Gasteiger partial charge is 0.385 e. The topological polar surface area (TPSA) is 24.9 Å². The molecule has 0 radical (unpaired) electrons. The Kier molecular flexibility index (Phi) is 3.73. The van der Waals surface area contributed by atoms with E-state index in [1.807, 2.05) is 12.1 Å². The molecule has 0 bridgehead atoms. The van der Waals surface area contributed by atoms with Crippen LogP contribution in [-0.4, -0.2) is 11.5 Å². The zero-order valence-electron chi connectivity index (χ0n) is 12.3. The minimum atomic E-state index is 0.0210. The Bertz CT molecular complexity index is 612. The molecule has 0 unspecified atom stereocenters. The molecule has 102 valence electrons. The fourth-order valence-corrected chi connectivity index (χ4v) is 2.40. The van der Waals surface area contributed by atoms with Crippen LogP contribution in [0.15, 0.2) is 18.2 Å². The minimum absolute atomic E-state index is 0.0210. The molecule has 0 saturated carbocycles. The summed E-state index contributed by atoms with van der Waals surface area (Å²) in [7, 11) is 0. The van der Waals surface area contributed by atoms with E-state index in [1.165, 1.54) is 0 Å². The summed E-state index contributed by atoms with van der Waals surface area (Å²) in [4.78, 5) is 4.83. The van der Waals surface area contributed by atoms with Crippen LogP contribution in [0.25, 0.3) is 10.9 Å². The molecular weight excluding hydrogens is 256 g/mol. The van der Waals surface area contributed by atoms with Gasteiger partial charge in [-0.15, -0.1) is 0 Å². The summed E-state index contributed by atoms with van der Waals surface area (Å²) >= 11 is 6.36. The van der Waals surface area contributed by atoms with E-state index in [0.29, 0.717) is 0 Å². The van der Waals surface area contributed by atoms with Gasteiger partial charge in [-0.3, -0.25) is 4.98 Å². The normalized spacial score (nSPS) is 11.9. The number of anilines is 1. The highest BCUT2D eigenvalue weighted by molar-refractivity contribution is 6.36. The third kappa shape index (κ3) is 2.69. The molecule has 19 heavy (non-hydrogen) atoms. The second-order valence-electron chi connectivity index (χ2n) is 5.92. The first-order valence-electron chi connectivity index (χ1n) is 6.68. The SMILES string of the molecule is CCNc1cc(C(C)(C)C)nc2c(C)ccc(Cl)c12. The monoisotopic (exact) mass is 276 g/mol. The van der Waals surface area contributed by atoms with Gasteiger partial charge in [-0.05, 0) is 31.5 Å². The lowest BCUT2D eigenvalue weighted by Gasteiger charge is -2.21. The molecule has 0 amide bonds. The molecule has 2 rings (SSSR count). The molecule has 0 aliphatic carbocycles. The lowest BCUT2D eigenvalue weighted by Crippen LogP contribution is -2.15. The number of aromatic nitrogens is 1. The van der Waals surface area contributed by atoms with Gasteiger partial charge in [0.25, 0.3) is 0 Å². The van der Waals surface area contributed by atoms with E-state index in [2.05, 4.69) is 46.0 Å². The van der Waals surface area contributed by atoms with E-state index in [0.717, 1.165) is 39.4 Å². The molecular formula is C16H21ClN2. The number of rotatable bonds is 2. The van der Waals surface area contributed by atoms with Gasteiger partial charge in [-0.2, -0.15) is 0 Å². The van der Waals surface area contributed by atoms with Crippen molar-refractivity contribution in [2.45, 2.75) is 40.0 Å². The van der Waals surface area contributed by atoms with Crippen LogP contribution in [0.5, 0.6) is 0 Å². The molecule has 0 aliphatic rings. The average molecular weight is 277 g/mol. The van der Waals surface area contributed by atoms with Crippen LogP contribution in [0.3, 0.4) is 0 Å². The summed E-state index contributed by atoms with van der Waals surface area (Å²) in [6.07, 6.45) is 0. The van der Waals surface area contributed by atoms with Crippen molar-refractivity contribution in [3.05, 3.63) is 34.5 Å². The van der Waals surface area contributed by atoms with Gasteiger partial charge < -0.3 is 5.32 Å². The van der Waals surface area contributed by atoms with Gasteiger partial charge >= 0.3 is 0 Å². The third-order valence-electron chi connectivity index (χ3n) is 3.25. The first kappa shape index (κ1) is 14.1. The van der Waals surface area contributed by atoms with Gasteiger partial charge in [0, 0.05) is 28.7 Å². The van der Waals surface area contributed by atoms with Crippen molar-refractivity contribution in [3.63, 3.8) is 0 Å². The summed E-state index contributed by atoms with van der Waals surface area (Å²) < 4.78 is 0. The molecule has 0 fully saturated rings. The van der Waals surface area contributed by atoms with E-state index < -0.39 is 0 Å². The van der Waals surface area contributed by atoms with Crippen molar-refractivity contribution in [1.29, 1.82) is 0 Å². The van der Waals surface area contributed by atoms with Crippen molar-refractivity contribution < 1.29 is 0 Å². The second kappa shape index (κ2) is 5.01. The van der Waals surface area contributed by atoms with Crippen LogP contribution in [0.4, 0.5) is 5.69 Å². The predicted molar refractivity (Wildman–Crippen MR) is 84.4 cm³/mol. The van der Waals surface area contributed by atoms with Crippen molar-refractivity contribution in [3.8, 4) is 0 Å². The van der Waals surface area contributed by atoms with Gasteiger partial charge in [0.05, 0.1) is 10.5 Å². The molecule has 2 aromatic rings. The molecule has 1 aromatic heterocycles. The number of fused-ring (bicyclic) bond motifs is 1. The zero-order valence-corrected chi connectivity index (χ0v) is 13.0. The Balaban J connectivity index is 2.83. The van der Waals surface area contributed by atoms with Crippen LogP contribution < -0.4 is 5.32 Å². The van der Waals surface area contributed by atoms with Gasteiger partial charge in [-0.1, -0.05) is 38.4 Å². The summed E-state index contributed by atoms with van der Waals surface area (Å²) in [5.41, 5.74) is 4.33. The highest BCUT2D eigenvalue weighted by Crippen LogP contribution is 2.34. The Morgan fingerprint density at radius 3 is 2.53 bits per heavy atom. The molecule has 1 aromatic carbocycles. The number of hydrogen-bond donors (Lipinski definition) is 1. The number of hydrogen-bond acceptors (Lipinski definition) is 2. The Morgan fingerprint density at radius 2 is 1.95 bits per heavy atom. The molecule has 1 heterocycles. The minimum Gasteiger partial charge on any atom is -0.385 e. The van der Waals surface area contributed by atoms with E-state index in [1.54, 1.807) is 0 Å². The Morgan fingerprint density at radius 1 is 1.26 bits per heavy atom. The first-order valence-corrected chi connectivity index (χ1v) is 7.06. The highest BCUT2D eigenvalue weighted by atomic mass is 35.5. The van der Waals surface area contributed by atoms with Crippen LogP contribution in [0.1, 0.15) is 39.0 Å². The van der Waals surface area contributed by atoms with Crippen molar-refractivity contribution in [2.75, 3.05) is 11.9 Å².